The summed E-state index contributed by atoms with van der Waals surface area (Å²) in [5.41, 5.74) is 7.06. The number of hydrogen-bond acceptors (Lipinski definition) is 5. The normalized spacial score (nSPS) is 12.8. The first-order chi connectivity index (χ1) is 23.9. The van der Waals surface area contributed by atoms with Crippen molar-refractivity contribution in [2.75, 3.05) is 0 Å². The summed E-state index contributed by atoms with van der Waals surface area (Å²) < 4.78 is 8.61. The summed E-state index contributed by atoms with van der Waals surface area (Å²) in [6, 6.07) is 30.3. The van der Waals surface area contributed by atoms with Gasteiger partial charge in [-0.2, -0.15) is 0 Å². The molecule has 0 spiro atoms. The maximum absolute atomic E-state index is 13.1. The van der Waals surface area contributed by atoms with Crippen molar-refractivity contribution < 1.29 is 19.4 Å². The Balaban J connectivity index is 0.00000252. The first-order valence-electron chi connectivity index (χ1n) is 16.5. The van der Waals surface area contributed by atoms with Crippen LogP contribution in [-0.4, -0.2) is 31.5 Å². The van der Waals surface area contributed by atoms with Crippen LogP contribution < -0.4 is 10.1 Å². The van der Waals surface area contributed by atoms with Gasteiger partial charge in [-0.05, 0) is 114 Å². The van der Waals surface area contributed by atoms with Gasteiger partial charge in [-0.1, -0.05) is 49.1 Å². The molecule has 1 saturated carbocycles. The summed E-state index contributed by atoms with van der Waals surface area (Å²) in [5, 5.41) is 13.2. The Labute approximate surface area is 313 Å². The van der Waals surface area contributed by atoms with Crippen molar-refractivity contribution in [1.29, 1.82) is 0 Å². The Bertz CT molecular complexity index is 2120. The Kier molecular flexibility index (Phi) is 12.4. The summed E-state index contributed by atoms with van der Waals surface area (Å²) in [5.74, 6) is 0.354. The number of benzene rings is 4. The zero-order chi connectivity index (χ0) is 33.7. The van der Waals surface area contributed by atoms with E-state index in [9.17, 15) is 14.7 Å². The molecule has 0 bridgehead atoms. The smallest absolute Gasteiger partial charge is 0.335 e. The van der Waals surface area contributed by atoms with Gasteiger partial charge in [-0.25, -0.2) is 9.78 Å². The van der Waals surface area contributed by atoms with Crippen LogP contribution in [0.5, 0.6) is 5.75 Å². The minimum atomic E-state index is -0.965. The SMILES string of the molecule is Cl.Cl.O=C(O)c1ccc2c(c1)nc(-c1ccc(OCc3cc(C(=O)NCc4ccncc4)ccc3-c3ccc(Cl)cc3)cc1)n2C1CCCCC1. The van der Waals surface area contributed by atoms with Crippen LogP contribution in [-0.2, 0) is 13.2 Å². The fourth-order valence-electron chi connectivity index (χ4n) is 6.56. The third kappa shape index (κ3) is 8.53. The van der Waals surface area contributed by atoms with Gasteiger partial charge in [-0.15, -0.1) is 24.8 Å². The van der Waals surface area contributed by atoms with Gasteiger partial charge >= 0.3 is 5.97 Å². The number of rotatable bonds is 10. The number of carboxylic acids is 1. The van der Waals surface area contributed by atoms with Crippen molar-refractivity contribution in [2.45, 2.75) is 51.3 Å². The number of imidazole rings is 1. The highest BCUT2D eigenvalue weighted by Gasteiger charge is 2.23. The van der Waals surface area contributed by atoms with Crippen LogP contribution in [0.1, 0.15) is 70.0 Å². The molecule has 1 aliphatic rings. The van der Waals surface area contributed by atoms with Gasteiger partial charge in [0.2, 0.25) is 0 Å². The maximum Gasteiger partial charge on any atom is 0.335 e. The molecule has 0 unspecified atom stereocenters. The van der Waals surface area contributed by atoms with E-state index in [1.54, 1.807) is 24.5 Å². The topological polar surface area (TPSA) is 106 Å². The first-order valence-corrected chi connectivity index (χ1v) is 16.9. The van der Waals surface area contributed by atoms with E-state index < -0.39 is 5.97 Å². The van der Waals surface area contributed by atoms with Gasteiger partial charge in [-0.3, -0.25) is 9.78 Å². The molecule has 1 fully saturated rings. The fraction of sp³-hybridized carbons (Fsp3) is 0.200. The highest BCUT2D eigenvalue weighted by Crippen LogP contribution is 2.37. The monoisotopic (exact) mass is 742 g/mol. The molecule has 0 aliphatic heterocycles. The number of amides is 1. The average molecular weight is 744 g/mol. The summed E-state index contributed by atoms with van der Waals surface area (Å²) in [7, 11) is 0. The molecular formula is C40H37Cl3N4O4. The number of carboxylic acid groups (broad SMARTS) is 1. The van der Waals surface area contributed by atoms with E-state index in [2.05, 4.69) is 14.9 Å². The van der Waals surface area contributed by atoms with Gasteiger partial charge in [0, 0.05) is 41.1 Å². The van der Waals surface area contributed by atoms with Gasteiger partial charge in [0.15, 0.2) is 0 Å². The molecule has 262 valence electrons. The quantitative estimate of drug-likeness (QED) is 0.145. The highest BCUT2D eigenvalue weighted by atomic mass is 35.5. The molecule has 11 heteroatoms. The molecule has 1 aliphatic carbocycles. The molecule has 51 heavy (non-hydrogen) atoms. The van der Waals surface area contributed by atoms with Crippen molar-refractivity contribution in [1.82, 2.24) is 19.9 Å². The van der Waals surface area contributed by atoms with Crippen molar-refractivity contribution in [3.05, 3.63) is 137 Å². The molecule has 0 radical (unpaired) electrons. The lowest BCUT2D eigenvalue weighted by atomic mass is 9.95. The lowest BCUT2D eigenvalue weighted by Gasteiger charge is -2.25. The number of nitrogens with one attached hydrogen (secondary N) is 1. The largest absolute Gasteiger partial charge is 0.489 e. The van der Waals surface area contributed by atoms with Crippen LogP contribution >= 0.6 is 36.4 Å². The minimum absolute atomic E-state index is 0. The summed E-state index contributed by atoms with van der Waals surface area (Å²) in [4.78, 5) is 33.8. The molecule has 2 aromatic heterocycles. The number of aromatic carboxylic acids is 1. The second-order valence-electron chi connectivity index (χ2n) is 12.3. The van der Waals surface area contributed by atoms with E-state index in [1.165, 1.54) is 6.42 Å². The molecule has 7 rings (SSSR count). The molecule has 2 N–H and O–H groups in total. The number of aromatic nitrogens is 3. The van der Waals surface area contributed by atoms with Crippen LogP contribution in [0.4, 0.5) is 0 Å². The van der Waals surface area contributed by atoms with Crippen molar-refractivity contribution >= 4 is 59.3 Å². The number of ether oxygens (including phenoxy) is 1. The number of halogens is 3. The summed E-state index contributed by atoms with van der Waals surface area (Å²) in [6.07, 6.45) is 9.09. The zero-order valence-corrected chi connectivity index (χ0v) is 30.0. The van der Waals surface area contributed by atoms with Crippen molar-refractivity contribution in [3.8, 4) is 28.3 Å². The Morgan fingerprint density at radius 1 is 0.824 bits per heavy atom. The molecule has 8 nitrogen and oxygen atoms in total. The number of nitrogens with zero attached hydrogens (tertiary/aromatic N) is 3. The molecule has 0 atom stereocenters. The van der Waals surface area contributed by atoms with Crippen LogP contribution in [0.15, 0.2) is 109 Å². The Morgan fingerprint density at radius 3 is 2.22 bits per heavy atom. The summed E-state index contributed by atoms with van der Waals surface area (Å²) >= 11 is 6.17. The van der Waals surface area contributed by atoms with Crippen molar-refractivity contribution in [2.24, 2.45) is 0 Å². The average Bonchev–Trinajstić information content (AvgIpc) is 3.53. The second kappa shape index (κ2) is 16.9. The van der Waals surface area contributed by atoms with Crippen LogP contribution in [0.3, 0.4) is 0 Å². The summed E-state index contributed by atoms with van der Waals surface area (Å²) in [6.45, 7) is 0.634. The second-order valence-corrected chi connectivity index (χ2v) is 12.8. The van der Waals surface area contributed by atoms with Crippen LogP contribution in [0.2, 0.25) is 5.02 Å². The fourth-order valence-corrected chi connectivity index (χ4v) is 6.68. The van der Waals surface area contributed by atoms with Gasteiger partial charge in [0.25, 0.3) is 5.91 Å². The van der Waals surface area contributed by atoms with Crippen molar-refractivity contribution in [3.63, 3.8) is 0 Å². The number of carbonyl (C=O) groups is 2. The molecule has 2 heterocycles. The molecular weight excluding hydrogens is 707 g/mol. The van der Waals surface area contributed by atoms with E-state index in [4.69, 9.17) is 21.3 Å². The molecule has 1 amide bonds. The van der Waals surface area contributed by atoms with Crippen LogP contribution in [0.25, 0.3) is 33.5 Å². The third-order valence-corrected chi connectivity index (χ3v) is 9.36. The standard InChI is InChI=1S/C40H35ClN4O4.2ClH/c41-32-12-6-27(7-13-32)35-16-10-29(39(46)43-24-26-18-20-42-21-19-26)22-31(35)25-49-34-14-8-28(9-15-34)38-44-36-23-30(40(47)48)11-17-37(36)45(38)33-4-2-1-3-5-33;;/h6-23,33H,1-5,24-25H2,(H,43,46)(H,47,48);2*1H. The van der Waals surface area contributed by atoms with E-state index in [1.807, 2.05) is 84.9 Å². The van der Waals surface area contributed by atoms with Gasteiger partial charge in [0.05, 0.1) is 16.6 Å². The molecule has 4 aromatic carbocycles. The van der Waals surface area contributed by atoms with E-state index >= 15 is 0 Å². The van der Waals surface area contributed by atoms with Gasteiger partial charge in [0.1, 0.15) is 18.2 Å². The first kappa shape index (κ1) is 37.4. The number of pyridine rings is 1. The van der Waals surface area contributed by atoms with E-state index in [0.717, 1.165) is 64.8 Å². The number of hydrogen-bond donors (Lipinski definition) is 2. The van der Waals surface area contributed by atoms with Crippen LogP contribution in [0, 0.1) is 0 Å². The van der Waals surface area contributed by atoms with E-state index in [-0.39, 0.29) is 42.9 Å². The lowest BCUT2D eigenvalue weighted by Crippen LogP contribution is -2.23. The Hall–Kier alpha value is -4.89. The van der Waals surface area contributed by atoms with Gasteiger partial charge < -0.3 is 19.7 Å². The molecule has 6 aromatic rings. The zero-order valence-electron chi connectivity index (χ0n) is 27.6. The minimum Gasteiger partial charge on any atom is -0.489 e. The predicted molar refractivity (Wildman–Crippen MR) is 205 cm³/mol. The third-order valence-electron chi connectivity index (χ3n) is 9.11. The van der Waals surface area contributed by atoms with E-state index in [0.29, 0.717) is 34.4 Å². The number of fused-ring (bicyclic) bond motifs is 1. The predicted octanol–water partition coefficient (Wildman–Crippen LogP) is 9.97. The lowest BCUT2D eigenvalue weighted by molar-refractivity contribution is 0.0696. The number of carbonyl (C=O) groups excluding carboxylic acids is 1. The highest BCUT2D eigenvalue weighted by molar-refractivity contribution is 6.30. The maximum atomic E-state index is 13.1. The Morgan fingerprint density at radius 2 is 1.51 bits per heavy atom. The molecule has 0 saturated heterocycles.